The van der Waals surface area contributed by atoms with Gasteiger partial charge in [-0.1, -0.05) is 13.8 Å². The van der Waals surface area contributed by atoms with Gasteiger partial charge in [-0.3, -0.25) is 4.79 Å². The van der Waals surface area contributed by atoms with E-state index in [1.165, 1.54) is 10.4 Å². The zero-order valence-corrected chi connectivity index (χ0v) is 14.4. The summed E-state index contributed by atoms with van der Waals surface area (Å²) in [5, 5.41) is 2.13. The predicted octanol–water partition coefficient (Wildman–Crippen LogP) is 3.18. The van der Waals surface area contributed by atoms with Crippen molar-refractivity contribution in [3.63, 3.8) is 0 Å². The van der Waals surface area contributed by atoms with Crippen molar-refractivity contribution in [3.05, 3.63) is 21.9 Å². The number of thiophene rings is 1. The fourth-order valence-corrected chi connectivity index (χ4v) is 4.51. The van der Waals surface area contributed by atoms with Gasteiger partial charge >= 0.3 is 0 Å². The van der Waals surface area contributed by atoms with Gasteiger partial charge in [-0.2, -0.15) is 0 Å². The van der Waals surface area contributed by atoms with Gasteiger partial charge in [0.2, 0.25) is 5.91 Å². The first-order valence-corrected chi connectivity index (χ1v) is 8.47. The molecule has 1 aliphatic carbocycles. The van der Waals surface area contributed by atoms with Crippen molar-refractivity contribution in [1.82, 2.24) is 4.90 Å². The summed E-state index contributed by atoms with van der Waals surface area (Å²) in [4.78, 5) is 16.4. The number of likely N-dealkylation sites (tertiary alicyclic amines) is 1. The van der Waals surface area contributed by atoms with Crippen LogP contribution in [0.5, 0.6) is 0 Å². The highest BCUT2D eigenvalue weighted by molar-refractivity contribution is 7.10. The molecule has 118 valence electrons. The third-order valence-electron chi connectivity index (χ3n) is 4.97. The van der Waals surface area contributed by atoms with Crippen molar-refractivity contribution < 1.29 is 4.79 Å². The summed E-state index contributed by atoms with van der Waals surface area (Å²) in [5.74, 6) is 0.416. The smallest absolute Gasteiger partial charge is 0.230 e. The minimum absolute atomic E-state index is 0. The second-order valence-corrected chi connectivity index (χ2v) is 7.89. The van der Waals surface area contributed by atoms with Gasteiger partial charge in [0.1, 0.15) is 0 Å². The molecule has 2 heterocycles. The lowest BCUT2D eigenvalue weighted by Crippen LogP contribution is -2.54. The first kappa shape index (κ1) is 16.8. The summed E-state index contributed by atoms with van der Waals surface area (Å²) in [7, 11) is 0. The molecule has 0 radical (unpaired) electrons. The highest BCUT2D eigenvalue weighted by Crippen LogP contribution is 2.37. The van der Waals surface area contributed by atoms with Crippen LogP contribution in [-0.2, 0) is 11.2 Å². The number of piperidine rings is 1. The van der Waals surface area contributed by atoms with Crippen LogP contribution in [0.1, 0.15) is 49.5 Å². The Morgan fingerprint density at radius 2 is 2.19 bits per heavy atom. The summed E-state index contributed by atoms with van der Waals surface area (Å²) in [6.45, 7) is 5.96. The standard InChI is InChI=1S/C16H24N2OS.ClH/c1-16(2)10-18(8-6-14(16)17)15(19)12-4-3-5-13-11(12)7-9-20-13;/h7,9,12,14H,3-6,8,10,17H2,1-2H3;1H. The monoisotopic (exact) mass is 328 g/mol. The van der Waals surface area contributed by atoms with Crippen LogP contribution in [0.4, 0.5) is 0 Å². The molecule has 2 atom stereocenters. The quantitative estimate of drug-likeness (QED) is 0.860. The Morgan fingerprint density at radius 1 is 1.43 bits per heavy atom. The van der Waals surface area contributed by atoms with Crippen molar-refractivity contribution in [2.24, 2.45) is 11.1 Å². The van der Waals surface area contributed by atoms with Crippen molar-refractivity contribution in [2.45, 2.75) is 51.5 Å². The van der Waals surface area contributed by atoms with Gasteiger partial charge in [-0.25, -0.2) is 0 Å². The van der Waals surface area contributed by atoms with E-state index >= 15 is 0 Å². The normalized spacial score (nSPS) is 27.7. The number of carbonyl (C=O) groups is 1. The predicted molar refractivity (Wildman–Crippen MR) is 90.2 cm³/mol. The lowest BCUT2D eigenvalue weighted by atomic mass is 9.78. The van der Waals surface area contributed by atoms with Crippen molar-refractivity contribution in [1.29, 1.82) is 0 Å². The zero-order chi connectivity index (χ0) is 14.3. The van der Waals surface area contributed by atoms with Gasteiger partial charge in [-0.15, -0.1) is 23.7 Å². The largest absolute Gasteiger partial charge is 0.342 e. The number of carbonyl (C=O) groups excluding carboxylic acids is 1. The van der Waals surface area contributed by atoms with E-state index in [-0.39, 0.29) is 29.8 Å². The minimum atomic E-state index is 0. The summed E-state index contributed by atoms with van der Waals surface area (Å²) in [5.41, 5.74) is 7.50. The molecule has 0 spiro atoms. The Balaban J connectivity index is 0.00000161. The maximum Gasteiger partial charge on any atom is 0.230 e. The van der Waals surface area contributed by atoms with E-state index in [0.29, 0.717) is 5.91 Å². The Labute approximate surface area is 137 Å². The van der Waals surface area contributed by atoms with Crippen LogP contribution in [-0.4, -0.2) is 29.9 Å². The van der Waals surface area contributed by atoms with Gasteiger partial charge in [-0.05, 0) is 48.1 Å². The summed E-state index contributed by atoms with van der Waals surface area (Å²) in [6.07, 6.45) is 4.21. The highest BCUT2D eigenvalue weighted by atomic mass is 35.5. The summed E-state index contributed by atoms with van der Waals surface area (Å²) in [6, 6.07) is 2.36. The molecule has 1 aromatic rings. The number of fused-ring (bicyclic) bond motifs is 1. The number of nitrogens with zero attached hydrogens (tertiary/aromatic N) is 1. The van der Waals surface area contributed by atoms with Gasteiger partial charge in [0.15, 0.2) is 0 Å². The van der Waals surface area contributed by atoms with E-state index in [1.54, 1.807) is 11.3 Å². The fraction of sp³-hybridized carbons (Fsp3) is 0.688. The highest BCUT2D eigenvalue weighted by Gasteiger charge is 2.38. The average Bonchev–Trinajstić information content (AvgIpc) is 2.89. The number of aryl methyl sites for hydroxylation is 1. The van der Waals surface area contributed by atoms with Crippen LogP contribution < -0.4 is 5.73 Å². The summed E-state index contributed by atoms with van der Waals surface area (Å²) >= 11 is 1.80. The lowest BCUT2D eigenvalue weighted by molar-refractivity contribution is -0.136. The van der Waals surface area contributed by atoms with Crippen LogP contribution in [0.25, 0.3) is 0 Å². The van der Waals surface area contributed by atoms with E-state index in [4.69, 9.17) is 5.73 Å². The molecule has 1 amide bonds. The molecule has 0 saturated carbocycles. The molecular formula is C16H25ClN2OS. The molecule has 21 heavy (non-hydrogen) atoms. The average molecular weight is 329 g/mol. The number of amides is 1. The molecule has 0 bridgehead atoms. The maximum absolute atomic E-state index is 12.9. The van der Waals surface area contributed by atoms with Gasteiger partial charge in [0.05, 0.1) is 5.92 Å². The van der Waals surface area contributed by atoms with Crippen molar-refractivity contribution in [3.8, 4) is 0 Å². The molecule has 1 aromatic heterocycles. The third-order valence-corrected chi connectivity index (χ3v) is 5.97. The lowest BCUT2D eigenvalue weighted by Gasteiger charge is -2.44. The molecule has 1 saturated heterocycles. The van der Waals surface area contributed by atoms with Crippen molar-refractivity contribution in [2.75, 3.05) is 13.1 Å². The number of halogens is 1. The Morgan fingerprint density at radius 3 is 2.90 bits per heavy atom. The van der Waals surface area contributed by atoms with Gasteiger partial charge in [0.25, 0.3) is 0 Å². The molecule has 1 aliphatic heterocycles. The molecule has 5 heteroatoms. The molecule has 3 nitrogen and oxygen atoms in total. The van der Waals surface area contributed by atoms with Crippen LogP contribution in [0.15, 0.2) is 11.4 Å². The second-order valence-electron chi connectivity index (χ2n) is 6.89. The molecule has 2 N–H and O–H groups in total. The van der Waals surface area contributed by atoms with E-state index in [2.05, 4.69) is 30.2 Å². The number of nitrogens with two attached hydrogens (primary N) is 1. The second kappa shape index (κ2) is 6.27. The molecule has 2 aliphatic rings. The Bertz CT molecular complexity index is 514. The van der Waals surface area contributed by atoms with Crippen LogP contribution >= 0.6 is 23.7 Å². The molecule has 2 unspecified atom stereocenters. The Hall–Kier alpha value is -0.580. The summed E-state index contributed by atoms with van der Waals surface area (Å²) < 4.78 is 0. The van der Waals surface area contributed by atoms with Gasteiger partial charge in [0, 0.05) is 24.0 Å². The van der Waals surface area contributed by atoms with Crippen molar-refractivity contribution >= 4 is 29.7 Å². The topological polar surface area (TPSA) is 46.3 Å². The maximum atomic E-state index is 12.9. The van der Waals surface area contributed by atoms with E-state index in [1.807, 2.05) is 0 Å². The SMILES string of the molecule is CC1(C)CN(C(=O)C2CCCc3sccc32)CCC1N.Cl. The third kappa shape index (κ3) is 3.13. The number of rotatable bonds is 1. The van der Waals surface area contributed by atoms with E-state index in [9.17, 15) is 4.79 Å². The Kier molecular flexibility index (Phi) is 5.01. The van der Waals surface area contributed by atoms with Crippen LogP contribution in [0, 0.1) is 5.41 Å². The number of hydrogen-bond donors (Lipinski definition) is 1. The first-order chi connectivity index (χ1) is 9.49. The molecule has 0 aromatic carbocycles. The molecule has 3 rings (SSSR count). The fourth-order valence-electron chi connectivity index (χ4n) is 3.53. The van der Waals surface area contributed by atoms with Gasteiger partial charge < -0.3 is 10.6 Å². The number of hydrogen-bond acceptors (Lipinski definition) is 3. The van der Waals surface area contributed by atoms with Crippen LogP contribution in [0.3, 0.4) is 0 Å². The van der Waals surface area contributed by atoms with E-state index < -0.39 is 0 Å². The zero-order valence-electron chi connectivity index (χ0n) is 12.8. The molecular weight excluding hydrogens is 304 g/mol. The van der Waals surface area contributed by atoms with E-state index in [0.717, 1.165) is 38.8 Å². The van der Waals surface area contributed by atoms with Crippen LogP contribution in [0.2, 0.25) is 0 Å². The molecule has 1 fully saturated rings. The minimum Gasteiger partial charge on any atom is -0.342 e. The first-order valence-electron chi connectivity index (χ1n) is 7.59.